The molecule has 0 heterocycles. The maximum Gasteiger partial charge on any atom is 0.261 e. The average molecular weight is 394 g/mol. The van der Waals surface area contributed by atoms with Crippen LogP contribution in [0.3, 0.4) is 0 Å². The smallest absolute Gasteiger partial charge is 0.261 e. The van der Waals surface area contributed by atoms with Crippen LogP contribution in [0.25, 0.3) is 0 Å². The zero-order chi connectivity index (χ0) is 19.2. The Bertz CT molecular complexity index is 436. The molecule has 0 aliphatic heterocycles. The van der Waals surface area contributed by atoms with Crippen LogP contribution < -0.4 is 0 Å². The minimum Gasteiger partial charge on any atom is -0.396 e. The summed E-state index contributed by atoms with van der Waals surface area (Å²) in [6.07, 6.45) is 1.66. The molecule has 0 rings (SSSR count). The van der Waals surface area contributed by atoms with Gasteiger partial charge in [-0.15, -0.1) is 0 Å². The highest BCUT2D eigenvalue weighted by atomic mass is 32.2. The standard InChI is InChI=1S/C4H10O3.3CH4O3S/c5-2-1-4(7)3-6;3*1-5(2,3)4/h4-7H,1-3H2;3*1H3,(H,2,3,4). The number of rotatable bonds is 3. The summed E-state index contributed by atoms with van der Waals surface area (Å²) in [6, 6.07) is 0. The third-order valence-electron chi connectivity index (χ3n) is 0.673. The van der Waals surface area contributed by atoms with Crippen molar-refractivity contribution in [3.8, 4) is 0 Å². The maximum absolute atomic E-state index is 9.19. The van der Waals surface area contributed by atoms with Crippen LogP contribution in [0.2, 0.25) is 0 Å². The summed E-state index contributed by atoms with van der Waals surface area (Å²) in [5, 5.41) is 24.6. The molecule has 0 fully saturated rings. The summed E-state index contributed by atoms with van der Waals surface area (Å²) >= 11 is 0. The zero-order valence-electron chi connectivity index (χ0n) is 12.1. The molecular weight excluding hydrogens is 372 g/mol. The Labute approximate surface area is 129 Å². The van der Waals surface area contributed by atoms with E-state index >= 15 is 0 Å². The fraction of sp³-hybridized carbons (Fsp3) is 1.00. The number of hydrogen-bond acceptors (Lipinski definition) is 9. The lowest BCUT2D eigenvalue weighted by atomic mass is 10.3. The van der Waals surface area contributed by atoms with Gasteiger partial charge < -0.3 is 15.3 Å². The molecule has 1 unspecified atom stereocenters. The SMILES string of the molecule is CS(=O)(=O)O.CS(=O)(=O)O.CS(=O)(=O)O.OCCC(O)CO. The first-order chi connectivity index (χ1) is 9.31. The van der Waals surface area contributed by atoms with Crippen LogP contribution in [0, 0.1) is 0 Å². The van der Waals surface area contributed by atoms with Crippen molar-refractivity contribution in [3.05, 3.63) is 0 Å². The molecular formula is C7H22O12S3. The van der Waals surface area contributed by atoms with E-state index in [0.29, 0.717) is 18.8 Å². The van der Waals surface area contributed by atoms with Gasteiger partial charge in [-0.05, 0) is 6.42 Å². The topological polar surface area (TPSA) is 224 Å². The molecule has 0 bridgehead atoms. The number of aliphatic hydroxyl groups is 3. The summed E-state index contributed by atoms with van der Waals surface area (Å²) in [4.78, 5) is 0. The quantitative estimate of drug-likeness (QED) is 0.268. The van der Waals surface area contributed by atoms with E-state index in [1.54, 1.807) is 0 Å². The molecule has 0 saturated heterocycles. The monoisotopic (exact) mass is 394 g/mol. The van der Waals surface area contributed by atoms with Gasteiger partial charge in [-0.25, -0.2) is 0 Å². The molecule has 0 aliphatic carbocycles. The summed E-state index contributed by atoms with van der Waals surface area (Å²) in [5.41, 5.74) is 0. The van der Waals surface area contributed by atoms with E-state index in [1.807, 2.05) is 0 Å². The van der Waals surface area contributed by atoms with E-state index in [2.05, 4.69) is 0 Å². The second-order valence-corrected chi connectivity index (χ2v) is 7.95. The van der Waals surface area contributed by atoms with E-state index in [-0.39, 0.29) is 19.6 Å². The molecule has 12 nitrogen and oxygen atoms in total. The lowest BCUT2D eigenvalue weighted by Crippen LogP contribution is -2.12. The van der Waals surface area contributed by atoms with Crippen LogP contribution in [0.15, 0.2) is 0 Å². The van der Waals surface area contributed by atoms with Crippen molar-refractivity contribution < 1.29 is 54.2 Å². The van der Waals surface area contributed by atoms with Crippen LogP contribution in [0.4, 0.5) is 0 Å². The van der Waals surface area contributed by atoms with E-state index in [0.717, 1.165) is 0 Å². The Kier molecular flexibility index (Phi) is 19.1. The minimum atomic E-state index is -3.67. The van der Waals surface area contributed by atoms with Gasteiger partial charge in [0, 0.05) is 6.61 Å². The predicted molar refractivity (Wildman–Crippen MR) is 77.2 cm³/mol. The molecule has 0 saturated carbocycles. The normalized spacial score (nSPS) is 12.4. The van der Waals surface area contributed by atoms with E-state index in [1.165, 1.54) is 0 Å². The minimum absolute atomic E-state index is 0.0677. The molecule has 0 aromatic rings. The van der Waals surface area contributed by atoms with Gasteiger partial charge in [-0.1, -0.05) is 0 Å². The lowest BCUT2D eigenvalue weighted by Gasteiger charge is -2.00. The molecule has 22 heavy (non-hydrogen) atoms. The van der Waals surface area contributed by atoms with Crippen LogP contribution in [-0.2, 0) is 30.4 Å². The molecule has 15 heteroatoms. The summed E-state index contributed by atoms with van der Waals surface area (Å²) in [5.74, 6) is 0. The van der Waals surface area contributed by atoms with Gasteiger partial charge in [0.05, 0.1) is 31.5 Å². The summed E-state index contributed by atoms with van der Waals surface area (Å²) in [7, 11) is -11.0. The van der Waals surface area contributed by atoms with Crippen LogP contribution >= 0.6 is 0 Å². The first-order valence-corrected chi connectivity index (χ1v) is 10.5. The van der Waals surface area contributed by atoms with Gasteiger partial charge in [0.25, 0.3) is 30.4 Å². The largest absolute Gasteiger partial charge is 0.396 e. The van der Waals surface area contributed by atoms with Crippen LogP contribution in [0.1, 0.15) is 6.42 Å². The van der Waals surface area contributed by atoms with Crippen molar-refractivity contribution >= 4 is 30.4 Å². The third-order valence-corrected chi connectivity index (χ3v) is 0.673. The van der Waals surface area contributed by atoms with Crippen molar-refractivity contribution in [2.75, 3.05) is 32.0 Å². The highest BCUT2D eigenvalue weighted by Gasteiger charge is 1.96. The molecule has 0 amide bonds. The summed E-state index contributed by atoms with van der Waals surface area (Å²) in [6.45, 7) is -0.331. The van der Waals surface area contributed by atoms with E-state index in [9.17, 15) is 25.3 Å². The van der Waals surface area contributed by atoms with Gasteiger partial charge in [-0.3, -0.25) is 13.7 Å². The zero-order valence-corrected chi connectivity index (χ0v) is 14.5. The van der Waals surface area contributed by atoms with E-state index in [4.69, 9.17) is 29.0 Å². The first-order valence-electron chi connectivity index (χ1n) is 4.98. The third kappa shape index (κ3) is 320. The molecule has 6 N–H and O–H groups in total. The molecule has 0 aliphatic rings. The Balaban J connectivity index is -0.0000000995. The highest BCUT2D eigenvalue weighted by Crippen LogP contribution is 1.84. The number of hydrogen-bond donors (Lipinski definition) is 6. The molecule has 0 radical (unpaired) electrons. The Morgan fingerprint density at radius 2 is 0.909 bits per heavy atom. The number of aliphatic hydroxyl groups excluding tert-OH is 3. The van der Waals surface area contributed by atoms with Gasteiger partial charge in [0.15, 0.2) is 0 Å². The predicted octanol–water partition coefficient (Wildman–Crippen LogP) is -2.77. The maximum atomic E-state index is 9.19. The fourth-order valence-corrected chi connectivity index (χ4v) is 0.240. The van der Waals surface area contributed by atoms with Gasteiger partial charge in [0.2, 0.25) is 0 Å². The second kappa shape index (κ2) is 14.2. The Morgan fingerprint density at radius 3 is 0.955 bits per heavy atom. The molecule has 0 spiro atoms. The van der Waals surface area contributed by atoms with Crippen LogP contribution in [0.5, 0.6) is 0 Å². The Morgan fingerprint density at radius 1 is 0.727 bits per heavy atom. The van der Waals surface area contributed by atoms with Crippen molar-refractivity contribution in [1.82, 2.24) is 0 Å². The first kappa shape index (κ1) is 29.6. The fourth-order valence-electron chi connectivity index (χ4n) is 0.240. The second-order valence-electron chi connectivity index (χ2n) is 3.55. The summed E-state index contributed by atoms with van der Waals surface area (Å²) < 4.78 is 77.6. The average Bonchev–Trinajstić information content (AvgIpc) is 2.09. The highest BCUT2D eigenvalue weighted by molar-refractivity contribution is 7.85. The van der Waals surface area contributed by atoms with Gasteiger partial charge in [-0.2, -0.15) is 25.3 Å². The molecule has 0 aromatic carbocycles. The van der Waals surface area contributed by atoms with Crippen molar-refractivity contribution in [1.29, 1.82) is 0 Å². The van der Waals surface area contributed by atoms with Crippen molar-refractivity contribution in [3.63, 3.8) is 0 Å². The molecule has 140 valence electrons. The molecule has 0 aromatic heterocycles. The van der Waals surface area contributed by atoms with Crippen molar-refractivity contribution in [2.24, 2.45) is 0 Å². The van der Waals surface area contributed by atoms with Crippen LogP contribution in [-0.4, -0.2) is 92.3 Å². The van der Waals surface area contributed by atoms with E-state index < -0.39 is 36.5 Å². The van der Waals surface area contributed by atoms with Gasteiger partial charge in [0.1, 0.15) is 0 Å². The lowest BCUT2D eigenvalue weighted by molar-refractivity contribution is 0.0721. The molecule has 1 atom stereocenters. The Hall–Kier alpha value is -0.390. The van der Waals surface area contributed by atoms with Gasteiger partial charge >= 0.3 is 0 Å². The van der Waals surface area contributed by atoms with Crippen molar-refractivity contribution in [2.45, 2.75) is 12.5 Å².